The minimum absolute atomic E-state index is 0.298. The van der Waals surface area contributed by atoms with Crippen molar-refractivity contribution in [3.63, 3.8) is 0 Å². The summed E-state index contributed by atoms with van der Waals surface area (Å²) in [5, 5.41) is 17.6. The van der Waals surface area contributed by atoms with E-state index in [0.717, 1.165) is 0 Å². The first-order valence-electron chi connectivity index (χ1n) is 3.25. The van der Waals surface area contributed by atoms with Crippen molar-refractivity contribution in [3.05, 3.63) is 28.2 Å². The number of halogens is 1. The monoisotopic (exact) mass is 228 g/mol. The first kappa shape index (κ1) is 9.44. The Kier molecular flexibility index (Phi) is 3.02. The Hall–Kier alpha value is -0.645. The third-order valence-electron chi connectivity index (χ3n) is 1.38. The standard InChI is InChI=1S/C7H6BBrO3/c9-7-2-5(4-10)1-6(3-7)8(11)12/h1-4,11-12H. The molecule has 3 nitrogen and oxygen atoms in total. The van der Waals surface area contributed by atoms with Gasteiger partial charge >= 0.3 is 7.12 Å². The van der Waals surface area contributed by atoms with E-state index >= 15 is 0 Å². The zero-order valence-electron chi connectivity index (χ0n) is 6.07. The molecule has 0 bridgehead atoms. The summed E-state index contributed by atoms with van der Waals surface area (Å²) in [5.41, 5.74) is 0.707. The van der Waals surface area contributed by atoms with Crippen LogP contribution in [0, 0.1) is 0 Å². The van der Waals surface area contributed by atoms with E-state index in [9.17, 15) is 4.79 Å². The molecular formula is C7H6BBrO3. The molecule has 0 aliphatic rings. The van der Waals surface area contributed by atoms with Crippen molar-refractivity contribution in [2.75, 3.05) is 0 Å². The Morgan fingerprint density at radius 2 is 2.00 bits per heavy atom. The van der Waals surface area contributed by atoms with Gasteiger partial charge in [0.15, 0.2) is 0 Å². The van der Waals surface area contributed by atoms with Gasteiger partial charge in [0, 0.05) is 10.0 Å². The molecule has 0 unspecified atom stereocenters. The Morgan fingerprint density at radius 3 is 2.50 bits per heavy atom. The van der Waals surface area contributed by atoms with Crippen molar-refractivity contribution in [1.29, 1.82) is 0 Å². The van der Waals surface area contributed by atoms with Crippen LogP contribution >= 0.6 is 15.9 Å². The van der Waals surface area contributed by atoms with Gasteiger partial charge in [0.1, 0.15) is 6.29 Å². The maximum absolute atomic E-state index is 10.3. The van der Waals surface area contributed by atoms with E-state index in [1.807, 2.05) is 0 Å². The van der Waals surface area contributed by atoms with Gasteiger partial charge in [-0.05, 0) is 17.6 Å². The van der Waals surface area contributed by atoms with Gasteiger partial charge in [0.2, 0.25) is 0 Å². The van der Waals surface area contributed by atoms with E-state index < -0.39 is 7.12 Å². The molecule has 0 amide bonds. The number of hydrogen-bond acceptors (Lipinski definition) is 3. The lowest BCUT2D eigenvalue weighted by Gasteiger charge is -2.00. The number of carbonyl (C=O) groups is 1. The molecule has 5 heteroatoms. The fourth-order valence-electron chi connectivity index (χ4n) is 0.853. The molecule has 1 rings (SSSR count). The Labute approximate surface area is 78.3 Å². The Bertz CT molecular complexity index is 301. The minimum Gasteiger partial charge on any atom is -0.423 e. The molecular weight excluding hydrogens is 223 g/mol. The average molecular weight is 229 g/mol. The second-order valence-electron chi connectivity index (χ2n) is 2.31. The molecule has 1 aromatic rings. The molecule has 0 aliphatic carbocycles. The zero-order valence-corrected chi connectivity index (χ0v) is 7.65. The lowest BCUT2D eigenvalue weighted by Crippen LogP contribution is -2.30. The molecule has 0 heterocycles. The highest BCUT2D eigenvalue weighted by atomic mass is 79.9. The summed E-state index contributed by atoms with van der Waals surface area (Å²) in [6.45, 7) is 0. The van der Waals surface area contributed by atoms with Gasteiger partial charge < -0.3 is 10.0 Å². The lowest BCUT2D eigenvalue weighted by molar-refractivity contribution is 0.112. The fraction of sp³-hybridized carbons (Fsp3) is 0. The van der Waals surface area contributed by atoms with Crippen LogP contribution in [-0.4, -0.2) is 23.5 Å². The molecule has 0 atom stereocenters. The van der Waals surface area contributed by atoms with E-state index in [4.69, 9.17) is 10.0 Å². The van der Waals surface area contributed by atoms with Crippen LogP contribution in [0.5, 0.6) is 0 Å². The van der Waals surface area contributed by atoms with Crippen LogP contribution in [0.3, 0.4) is 0 Å². The number of rotatable bonds is 2. The van der Waals surface area contributed by atoms with Crippen LogP contribution in [0.4, 0.5) is 0 Å². The topological polar surface area (TPSA) is 57.5 Å². The van der Waals surface area contributed by atoms with E-state index in [-0.39, 0.29) is 0 Å². The van der Waals surface area contributed by atoms with E-state index in [2.05, 4.69) is 15.9 Å². The number of hydrogen-bond donors (Lipinski definition) is 2. The maximum Gasteiger partial charge on any atom is 0.488 e. The van der Waals surface area contributed by atoms with Crippen molar-refractivity contribution < 1.29 is 14.8 Å². The first-order valence-corrected chi connectivity index (χ1v) is 4.04. The smallest absolute Gasteiger partial charge is 0.423 e. The van der Waals surface area contributed by atoms with Gasteiger partial charge in [-0.1, -0.05) is 22.0 Å². The van der Waals surface area contributed by atoms with Gasteiger partial charge in [0.05, 0.1) is 0 Å². The average Bonchev–Trinajstić information content (AvgIpc) is 2.03. The zero-order chi connectivity index (χ0) is 9.14. The van der Waals surface area contributed by atoms with Crippen LogP contribution < -0.4 is 5.46 Å². The van der Waals surface area contributed by atoms with Gasteiger partial charge in [-0.3, -0.25) is 4.79 Å². The molecule has 0 aliphatic heterocycles. The summed E-state index contributed by atoms with van der Waals surface area (Å²) >= 11 is 3.14. The molecule has 2 N–H and O–H groups in total. The predicted molar refractivity (Wildman–Crippen MR) is 49.4 cm³/mol. The van der Waals surface area contributed by atoms with Crippen LogP contribution in [0.25, 0.3) is 0 Å². The third kappa shape index (κ3) is 2.17. The molecule has 0 saturated heterocycles. The first-order chi connectivity index (χ1) is 5.63. The highest BCUT2D eigenvalue weighted by molar-refractivity contribution is 9.10. The molecule has 12 heavy (non-hydrogen) atoms. The van der Waals surface area contributed by atoms with Gasteiger partial charge in [0.25, 0.3) is 0 Å². The second-order valence-corrected chi connectivity index (χ2v) is 3.23. The van der Waals surface area contributed by atoms with Crippen LogP contribution in [0.15, 0.2) is 22.7 Å². The molecule has 0 radical (unpaired) electrons. The molecule has 0 spiro atoms. The van der Waals surface area contributed by atoms with Crippen LogP contribution in [0.1, 0.15) is 10.4 Å². The van der Waals surface area contributed by atoms with Crippen molar-refractivity contribution >= 4 is 34.8 Å². The van der Waals surface area contributed by atoms with Gasteiger partial charge in [-0.15, -0.1) is 0 Å². The molecule has 0 fully saturated rings. The summed E-state index contributed by atoms with van der Waals surface area (Å²) in [5.74, 6) is 0. The highest BCUT2D eigenvalue weighted by Gasteiger charge is 2.11. The SMILES string of the molecule is O=Cc1cc(Br)cc(B(O)O)c1. The quantitative estimate of drug-likeness (QED) is 0.551. The van der Waals surface area contributed by atoms with Crippen molar-refractivity contribution in [2.24, 2.45) is 0 Å². The predicted octanol–water partition coefficient (Wildman–Crippen LogP) is -0.0586. The summed E-state index contributed by atoms with van der Waals surface area (Å²) in [6.07, 6.45) is 0.649. The van der Waals surface area contributed by atoms with Crippen molar-refractivity contribution in [2.45, 2.75) is 0 Å². The minimum atomic E-state index is -1.54. The fourth-order valence-corrected chi connectivity index (χ4v) is 1.38. The summed E-state index contributed by atoms with van der Waals surface area (Å²) in [4.78, 5) is 10.3. The molecule has 0 saturated carbocycles. The summed E-state index contributed by atoms with van der Waals surface area (Å²) < 4.78 is 0.648. The van der Waals surface area contributed by atoms with Crippen LogP contribution in [0.2, 0.25) is 0 Å². The Morgan fingerprint density at radius 1 is 1.33 bits per heavy atom. The number of benzene rings is 1. The van der Waals surface area contributed by atoms with Gasteiger partial charge in [-0.2, -0.15) is 0 Å². The van der Waals surface area contributed by atoms with Crippen molar-refractivity contribution in [1.82, 2.24) is 0 Å². The van der Waals surface area contributed by atoms with Crippen molar-refractivity contribution in [3.8, 4) is 0 Å². The number of aldehydes is 1. The third-order valence-corrected chi connectivity index (χ3v) is 1.83. The van der Waals surface area contributed by atoms with Gasteiger partial charge in [-0.25, -0.2) is 0 Å². The Balaban J connectivity index is 3.14. The summed E-state index contributed by atoms with van der Waals surface area (Å²) in [7, 11) is -1.54. The lowest BCUT2D eigenvalue weighted by atomic mass is 9.80. The maximum atomic E-state index is 10.3. The summed E-state index contributed by atoms with van der Waals surface area (Å²) in [6, 6.07) is 4.55. The van der Waals surface area contributed by atoms with Crippen LogP contribution in [-0.2, 0) is 0 Å². The molecule has 62 valence electrons. The highest BCUT2D eigenvalue weighted by Crippen LogP contribution is 2.08. The number of carbonyl (C=O) groups excluding carboxylic acids is 1. The normalized spacial score (nSPS) is 9.58. The van der Waals surface area contributed by atoms with E-state index in [0.29, 0.717) is 21.8 Å². The molecule has 1 aromatic carbocycles. The molecule has 0 aromatic heterocycles. The largest absolute Gasteiger partial charge is 0.488 e. The van der Waals surface area contributed by atoms with E-state index in [1.165, 1.54) is 12.1 Å². The van der Waals surface area contributed by atoms with E-state index in [1.54, 1.807) is 6.07 Å². The second kappa shape index (κ2) is 3.84.